The van der Waals surface area contributed by atoms with Crippen LogP contribution in [0.4, 0.5) is 0 Å². The first-order chi connectivity index (χ1) is 18.0. The first-order valence-corrected chi connectivity index (χ1v) is 15.6. The molecule has 0 aliphatic carbocycles. The normalized spacial score (nSPS) is 12.2. The minimum absolute atomic E-state index is 0.123. The SMILES string of the molecule is CCCCCCCCCC(CCCCCCO)N(CCCCCCCC(=O)OC)C(=O)CCCN(C)C. The zero-order valence-electron chi connectivity index (χ0n) is 25.1. The summed E-state index contributed by atoms with van der Waals surface area (Å²) in [7, 11) is 5.58. The zero-order valence-corrected chi connectivity index (χ0v) is 25.1. The predicted molar refractivity (Wildman–Crippen MR) is 156 cm³/mol. The van der Waals surface area contributed by atoms with E-state index in [0.717, 1.165) is 90.1 Å². The first-order valence-electron chi connectivity index (χ1n) is 15.6. The van der Waals surface area contributed by atoms with Crippen molar-refractivity contribution in [2.75, 3.05) is 40.9 Å². The van der Waals surface area contributed by atoms with Crippen molar-refractivity contribution in [1.82, 2.24) is 9.80 Å². The van der Waals surface area contributed by atoms with Crippen LogP contribution in [-0.4, -0.2) is 73.7 Å². The molecule has 6 nitrogen and oxygen atoms in total. The molecule has 0 heterocycles. The van der Waals surface area contributed by atoms with Crippen molar-refractivity contribution >= 4 is 11.9 Å². The van der Waals surface area contributed by atoms with Crippen LogP contribution in [0.15, 0.2) is 0 Å². The second-order valence-corrected chi connectivity index (χ2v) is 11.1. The van der Waals surface area contributed by atoms with Crippen LogP contribution >= 0.6 is 0 Å². The number of hydrogen-bond acceptors (Lipinski definition) is 5. The van der Waals surface area contributed by atoms with Crippen molar-refractivity contribution in [3.8, 4) is 0 Å². The van der Waals surface area contributed by atoms with Crippen molar-refractivity contribution < 1.29 is 19.4 Å². The van der Waals surface area contributed by atoms with Gasteiger partial charge >= 0.3 is 5.97 Å². The molecule has 1 unspecified atom stereocenters. The lowest BCUT2D eigenvalue weighted by Crippen LogP contribution is -2.41. The average molecular weight is 527 g/mol. The summed E-state index contributed by atoms with van der Waals surface area (Å²) in [6.45, 7) is 4.34. The van der Waals surface area contributed by atoms with Gasteiger partial charge in [0.05, 0.1) is 7.11 Å². The molecule has 0 saturated heterocycles. The number of rotatable bonds is 27. The van der Waals surface area contributed by atoms with Crippen LogP contribution in [0.5, 0.6) is 0 Å². The number of nitrogens with zero attached hydrogens (tertiary/aromatic N) is 2. The monoisotopic (exact) mass is 526 g/mol. The number of aliphatic hydroxyl groups is 1. The van der Waals surface area contributed by atoms with E-state index in [9.17, 15) is 9.59 Å². The van der Waals surface area contributed by atoms with Crippen molar-refractivity contribution in [2.45, 2.75) is 148 Å². The molecule has 0 aromatic heterocycles. The Balaban J connectivity index is 4.90. The van der Waals surface area contributed by atoms with Crippen molar-refractivity contribution in [1.29, 1.82) is 0 Å². The zero-order chi connectivity index (χ0) is 27.6. The van der Waals surface area contributed by atoms with Crippen LogP contribution in [0.2, 0.25) is 0 Å². The van der Waals surface area contributed by atoms with Gasteiger partial charge in [0.1, 0.15) is 0 Å². The topological polar surface area (TPSA) is 70.1 Å². The standard InChI is InChI=1S/C31H62N2O4/c1-5-6-7-8-9-11-16-22-29(23-17-13-15-20-28-34)33(30(35)24-21-26-32(2)3)27-19-14-10-12-18-25-31(36)37-4/h29,34H,5-28H2,1-4H3. The molecule has 0 fully saturated rings. The van der Waals surface area contributed by atoms with Gasteiger partial charge in [-0.3, -0.25) is 9.59 Å². The quantitative estimate of drug-likeness (QED) is 0.0911. The fraction of sp³-hybridized carbons (Fsp3) is 0.935. The Morgan fingerprint density at radius 1 is 0.676 bits per heavy atom. The highest BCUT2D eigenvalue weighted by molar-refractivity contribution is 5.76. The van der Waals surface area contributed by atoms with E-state index in [2.05, 4.69) is 30.8 Å². The Morgan fingerprint density at radius 2 is 1.22 bits per heavy atom. The highest BCUT2D eigenvalue weighted by atomic mass is 16.5. The molecule has 1 N–H and O–H groups in total. The number of methoxy groups -OCH3 is 1. The molecule has 0 saturated carbocycles. The van der Waals surface area contributed by atoms with Crippen molar-refractivity contribution in [3.05, 3.63) is 0 Å². The average Bonchev–Trinajstić information content (AvgIpc) is 2.88. The predicted octanol–water partition coefficient (Wildman–Crippen LogP) is 7.12. The minimum atomic E-state index is -0.123. The minimum Gasteiger partial charge on any atom is -0.469 e. The third-order valence-corrected chi connectivity index (χ3v) is 7.35. The largest absolute Gasteiger partial charge is 0.469 e. The van der Waals surface area contributed by atoms with Crippen LogP contribution in [0, 0.1) is 0 Å². The lowest BCUT2D eigenvalue weighted by Gasteiger charge is -2.33. The Hall–Kier alpha value is -1.14. The third-order valence-electron chi connectivity index (χ3n) is 7.35. The van der Waals surface area contributed by atoms with Gasteiger partial charge in [0.2, 0.25) is 5.91 Å². The van der Waals surface area contributed by atoms with Gasteiger partial charge in [0.15, 0.2) is 0 Å². The molecular formula is C31H62N2O4. The lowest BCUT2D eigenvalue weighted by molar-refractivity contribution is -0.140. The number of unbranched alkanes of at least 4 members (excludes halogenated alkanes) is 13. The Morgan fingerprint density at radius 3 is 1.78 bits per heavy atom. The summed E-state index contributed by atoms with van der Waals surface area (Å²) in [5.41, 5.74) is 0. The summed E-state index contributed by atoms with van der Waals surface area (Å²) >= 11 is 0. The summed E-state index contributed by atoms with van der Waals surface area (Å²) < 4.78 is 4.73. The molecule has 0 aliphatic rings. The highest BCUT2D eigenvalue weighted by Gasteiger charge is 2.22. The molecule has 0 rings (SSSR count). The number of aliphatic hydroxyl groups excluding tert-OH is 1. The van der Waals surface area contributed by atoms with E-state index in [1.165, 1.54) is 52.1 Å². The van der Waals surface area contributed by atoms with Gasteiger partial charge in [-0.05, 0) is 59.2 Å². The number of esters is 1. The molecule has 0 spiro atoms. The van der Waals surface area contributed by atoms with Crippen LogP contribution in [0.25, 0.3) is 0 Å². The molecule has 6 heteroatoms. The van der Waals surface area contributed by atoms with E-state index in [0.29, 0.717) is 24.8 Å². The Bertz CT molecular complexity index is 527. The molecule has 1 amide bonds. The second kappa shape index (κ2) is 26.5. The van der Waals surface area contributed by atoms with Crippen LogP contribution in [0.1, 0.15) is 142 Å². The molecule has 0 aliphatic heterocycles. The second-order valence-electron chi connectivity index (χ2n) is 11.1. The van der Waals surface area contributed by atoms with Gasteiger partial charge in [-0.2, -0.15) is 0 Å². The number of ether oxygens (including phenoxy) is 1. The fourth-order valence-electron chi connectivity index (χ4n) is 5.02. The molecule has 220 valence electrons. The lowest BCUT2D eigenvalue weighted by atomic mass is 9.98. The number of carbonyl (C=O) groups excluding carboxylic acids is 2. The van der Waals surface area contributed by atoms with Crippen LogP contribution in [0.3, 0.4) is 0 Å². The Labute approximate surface area is 229 Å². The number of amides is 1. The number of hydrogen-bond donors (Lipinski definition) is 1. The summed E-state index contributed by atoms with van der Waals surface area (Å²) in [6, 6.07) is 0.343. The summed E-state index contributed by atoms with van der Waals surface area (Å²) in [6.07, 6.45) is 22.7. The maximum absolute atomic E-state index is 13.4. The van der Waals surface area contributed by atoms with Crippen molar-refractivity contribution in [3.63, 3.8) is 0 Å². The van der Waals surface area contributed by atoms with Crippen LogP contribution < -0.4 is 0 Å². The smallest absolute Gasteiger partial charge is 0.305 e. The fourth-order valence-corrected chi connectivity index (χ4v) is 5.02. The molecule has 0 radical (unpaired) electrons. The van der Waals surface area contributed by atoms with Gasteiger partial charge in [0, 0.05) is 32.0 Å². The summed E-state index contributed by atoms with van der Waals surface area (Å²) in [5.74, 6) is 0.206. The van der Waals surface area contributed by atoms with E-state index in [1.54, 1.807) is 0 Å². The van der Waals surface area contributed by atoms with Gasteiger partial charge in [0.25, 0.3) is 0 Å². The maximum atomic E-state index is 13.4. The van der Waals surface area contributed by atoms with Gasteiger partial charge < -0.3 is 19.6 Å². The summed E-state index contributed by atoms with van der Waals surface area (Å²) in [4.78, 5) is 29.1. The van der Waals surface area contributed by atoms with Crippen LogP contribution in [-0.2, 0) is 14.3 Å². The molecule has 37 heavy (non-hydrogen) atoms. The van der Waals surface area contributed by atoms with Gasteiger partial charge in [-0.15, -0.1) is 0 Å². The Kier molecular flexibility index (Phi) is 25.7. The van der Waals surface area contributed by atoms with Gasteiger partial charge in [-0.1, -0.05) is 90.4 Å². The molecule has 0 aromatic rings. The maximum Gasteiger partial charge on any atom is 0.305 e. The molecule has 1 atom stereocenters. The van der Waals surface area contributed by atoms with E-state index >= 15 is 0 Å². The van der Waals surface area contributed by atoms with E-state index in [-0.39, 0.29) is 12.6 Å². The van der Waals surface area contributed by atoms with Gasteiger partial charge in [-0.25, -0.2) is 0 Å². The molecule has 0 aromatic carbocycles. The first kappa shape index (κ1) is 35.9. The summed E-state index contributed by atoms with van der Waals surface area (Å²) in [5, 5.41) is 9.11. The number of carbonyl (C=O) groups is 2. The van der Waals surface area contributed by atoms with E-state index in [4.69, 9.17) is 9.84 Å². The third kappa shape index (κ3) is 22.5. The van der Waals surface area contributed by atoms with E-state index < -0.39 is 0 Å². The highest BCUT2D eigenvalue weighted by Crippen LogP contribution is 2.21. The molecule has 0 bridgehead atoms. The van der Waals surface area contributed by atoms with Crippen molar-refractivity contribution in [2.24, 2.45) is 0 Å². The molecular weight excluding hydrogens is 464 g/mol. The van der Waals surface area contributed by atoms with E-state index in [1.807, 2.05) is 0 Å².